The molecule has 3 heteroatoms. The number of hydrogen-bond acceptors (Lipinski definition) is 2. The fourth-order valence-corrected chi connectivity index (χ4v) is 2.16. The molecule has 1 radical (unpaired) electrons. The van der Waals surface area contributed by atoms with Crippen LogP contribution in [0.2, 0.25) is 0 Å². The Morgan fingerprint density at radius 3 is 2.15 bits per heavy atom. The molecule has 103 valence electrons. The van der Waals surface area contributed by atoms with E-state index in [0.717, 1.165) is 10.8 Å². The highest BCUT2D eigenvalue weighted by molar-refractivity contribution is 6.14. The van der Waals surface area contributed by atoms with Crippen molar-refractivity contribution in [2.75, 3.05) is 5.32 Å². The first-order chi connectivity index (χ1) is 9.30. The smallest absolute Gasteiger partial charge is 0.224 e. The largest absolute Gasteiger partial charge is 0.326 e. The molecule has 0 fully saturated rings. The number of fused-ring (bicyclic) bond motifs is 1. The Hall–Kier alpha value is -2.16. The number of rotatable bonds is 2. The van der Waals surface area contributed by atoms with Crippen molar-refractivity contribution in [2.24, 2.45) is 5.41 Å². The molecule has 0 unspecified atom stereocenters. The zero-order valence-electron chi connectivity index (χ0n) is 12.0. The molecular weight excluding hydrogens is 250 g/mol. The molecule has 20 heavy (non-hydrogen) atoms. The van der Waals surface area contributed by atoms with Crippen molar-refractivity contribution >= 4 is 28.2 Å². The van der Waals surface area contributed by atoms with E-state index in [0.29, 0.717) is 11.3 Å². The van der Waals surface area contributed by atoms with Gasteiger partial charge in [-0.2, -0.15) is 0 Å². The van der Waals surface area contributed by atoms with E-state index in [9.17, 15) is 9.59 Å². The molecule has 0 aliphatic heterocycles. The fourth-order valence-electron chi connectivity index (χ4n) is 2.16. The Morgan fingerprint density at radius 2 is 1.60 bits per heavy atom. The standard InChI is InChI=1S/C17H18NO2/c1-11(19)18-15-10-9-14(16(20)17(2,3)4)12-7-5-6-8-13(12)15/h5-10H,1H2,2-4H3,(H,18,19). The first-order valence-electron chi connectivity index (χ1n) is 6.50. The maximum atomic E-state index is 12.5. The number of carbonyl (C=O) groups excluding carboxylic acids is 2. The average molecular weight is 268 g/mol. The van der Waals surface area contributed by atoms with Crippen LogP contribution >= 0.6 is 0 Å². The number of ketones is 1. The van der Waals surface area contributed by atoms with Crippen molar-refractivity contribution in [3.63, 3.8) is 0 Å². The van der Waals surface area contributed by atoms with Gasteiger partial charge in [0.25, 0.3) is 0 Å². The summed E-state index contributed by atoms with van der Waals surface area (Å²) >= 11 is 0. The summed E-state index contributed by atoms with van der Waals surface area (Å²) in [7, 11) is 0. The highest BCUT2D eigenvalue weighted by Gasteiger charge is 2.24. The number of benzene rings is 2. The number of nitrogens with one attached hydrogen (secondary N) is 1. The number of anilines is 1. The lowest BCUT2D eigenvalue weighted by Gasteiger charge is -2.19. The molecule has 3 nitrogen and oxygen atoms in total. The summed E-state index contributed by atoms with van der Waals surface area (Å²) in [5, 5.41) is 4.38. The molecule has 0 spiro atoms. The minimum absolute atomic E-state index is 0.0844. The van der Waals surface area contributed by atoms with E-state index in [2.05, 4.69) is 12.2 Å². The zero-order valence-corrected chi connectivity index (χ0v) is 12.0. The minimum atomic E-state index is -0.445. The summed E-state index contributed by atoms with van der Waals surface area (Å²) in [5.41, 5.74) is 0.904. The molecule has 0 saturated carbocycles. The van der Waals surface area contributed by atoms with E-state index in [1.54, 1.807) is 12.1 Å². The van der Waals surface area contributed by atoms with Crippen LogP contribution in [0.1, 0.15) is 31.1 Å². The third-order valence-electron chi connectivity index (χ3n) is 3.12. The summed E-state index contributed by atoms with van der Waals surface area (Å²) in [6, 6.07) is 11.1. The molecule has 2 rings (SSSR count). The molecule has 0 aliphatic carbocycles. The molecule has 0 aliphatic rings. The van der Waals surface area contributed by atoms with E-state index >= 15 is 0 Å². The molecule has 1 amide bonds. The van der Waals surface area contributed by atoms with Crippen LogP contribution in [0, 0.1) is 12.3 Å². The molecule has 0 heterocycles. The van der Waals surface area contributed by atoms with Gasteiger partial charge in [0.2, 0.25) is 5.91 Å². The SMILES string of the molecule is [CH2]C(=O)Nc1ccc(C(=O)C(C)(C)C)c2ccccc12. The van der Waals surface area contributed by atoms with Crippen LogP contribution in [0.5, 0.6) is 0 Å². The van der Waals surface area contributed by atoms with E-state index in [1.807, 2.05) is 45.0 Å². The van der Waals surface area contributed by atoms with Gasteiger partial charge in [0.1, 0.15) is 0 Å². The first-order valence-corrected chi connectivity index (χ1v) is 6.50. The van der Waals surface area contributed by atoms with Crippen LogP contribution < -0.4 is 5.32 Å². The van der Waals surface area contributed by atoms with Gasteiger partial charge in [-0.15, -0.1) is 0 Å². The van der Waals surface area contributed by atoms with Gasteiger partial charge in [0.15, 0.2) is 5.78 Å². The van der Waals surface area contributed by atoms with Gasteiger partial charge in [-0.3, -0.25) is 9.59 Å². The average Bonchev–Trinajstić information content (AvgIpc) is 2.37. The Bertz CT molecular complexity index is 681. The van der Waals surface area contributed by atoms with E-state index in [1.165, 1.54) is 0 Å². The van der Waals surface area contributed by atoms with Gasteiger partial charge >= 0.3 is 0 Å². The maximum absolute atomic E-state index is 12.5. The molecule has 0 atom stereocenters. The third-order valence-corrected chi connectivity index (χ3v) is 3.12. The van der Waals surface area contributed by atoms with Crippen LogP contribution in [-0.4, -0.2) is 11.7 Å². The first kappa shape index (κ1) is 14.3. The molecule has 0 saturated heterocycles. The van der Waals surface area contributed by atoms with Gasteiger partial charge in [0.05, 0.1) is 0 Å². The van der Waals surface area contributed by atoms with E-state index in [-0.39, 0.29) is 11.7 Å². The monoisotopic (exact) mass is 268 g/mol. The predicted molar refractivity (Wildman–Crippen MR) is 81.7 cm³/mol. The van der Waals surface area contributed by atoms with Crippen molar-refractivity contribution in [1.82, 2.24) is 0 Å². The lowest BCUT2D eigenvalue weighted by Crippen LogP contribution is -2.20. The van der Waals surface area contributed by atoms with Crippen molar-refractivity contribution in [2.45, 2.75) is 20.8 Å². The Labute approximate surface area is 119 Å². The molecule has 1 N–H and O–H groups in total. The molecule has 0 bridgehead atoms. The van der Waals surface area contributed by atoms with Crippen LogP contribution in [0.3, 0.4) is 0 Å². The molecular formula is C17H18NO2. The summed E-state index contributed by atoms with van der Waals surface area (Å²) in [5.74, 6) is -0.286. The van der Waals surface area contributed by atoms with Crippen molar-refractivity contribution in [3.8, 4) is 0 Å². The second kappa shape index (κ2) is 5.08. The predicted octanol–water partition coefficient (Wildman–Crippen LogP) is 3.84. The van der Waals surface area contributed by atoms with Crippen molar-refractivity contribution in [3.05, 3.63) is 48.9 Å². The van der Waals surface area contributed by atoms with E-state index in [4.69, 9.17) is 0 Å². The van der Waals surface area contributed by atoms with Gasteiger partial charge in [-0.05, 0) is 17.5 Å². The van der Waals surface area contributed by atoms with Crippen LogP contribution in [0.15, 0.2) is 36.4 Å². The number of carbonyl (C=O) groups is 2. The maximum Gasteiger partial charge on any atom is 0.224 e. The van der Waals surface area contributed by atoms with Crippen LogP contribution in [0.4, 0.5) is 5.69 Å². The third kappa shape index (κ3) is 2.72. The Kier molecular flexibility index (Phi) is 3.62. The Balaban J connectivity index is 2.66. The quantitative estimate of drug-likeness (QED) is 0.841. The molecule has 2 aromatic rings. The Morgan fingerprint density at radius 1 is 1.00 bits per heavy atom. The molecule has 0 aromatic heterocycles. The minimum Gasteiger partial charge on any atom is -0.326 e. The lowest BCUT2D eigenvalue weighted by atomic mass is 9.84. The second-order valence-electron chi connectivity index (χ2n) is 5.83. The summed E-state index contributed by atoms with van der Waals surface area (Å²) in [6.07, 6.45) is 0. The highest BCUT2D eigenvalue weighted by atomic mass is 16.1. The summed E-state index contributed by atoms with van der Waals surface area (Å²) in [6.45, 7) is 9.02. The van der Waals surface area contributed by atoms with Gasteiger partial charge < -0.3 is 5.32 Å². The highest BCUT2D eigenvalue weighted by Crippen LogP contribution is 2.31. The normalized spacial score (nSPS) is 11.4. The van der Waals surface area contributed by atoms with Gasteiger partial charge in [0, 0.05) is 29.0 Å². The fraction of sp³-hybridized carbons (Fsp3) is 0.235. The topological polar surface area (TPSA) is 46.2 Å². The van der Waals surface area contributed by atoms with Gasteiger partial charge in [-0.25, -0.2) is 0 Å². The van der Waals surface area contributed by atoms with Crippen molar-refractivity contribution < 1.29 is 9.59 Å². The molecule has 2 aromatic carbocycles. The summed E-state index contributed by atoms with van der Waals surface area (Å²) in [4.78, 5) is 23.7. The van der Waals surface area contributed by atoms with E-state index < -0.39 is 5.41 Å². The number of hydrogen-bond donors (Lipinski definition) is 1. The van der Waals surface area contributed by atoms with Crippen LogP contribution in [-0.2, 0) is 4.79 Å². The van der Waals surface area contributed by atoms with Crippen molar-refractivity contribution in [1.29, 1.82) is 0 Å². The number of Topliss-reactive ketones (excluding diaryl/α,β-unsaturated/α-hetero) is 1. The van der Waals surface area contributed by atoms with Gasteiger partial charge in [-0.1, -0.05) is 45.0 Å². The lowest BCUT2D eigenvalue weighted by molar-refractivity contribution is -0.112. The second-order valence-corrected chi connectivity index (χ2v) is 5.83. The van der Waals surface area contributed by atoms with Crippen LogP contribution in [0.25, 0.3) is 10.8 Å². The zero-order chi connectivity index (χ0) is 14.9. The summed E-state index contributed by atoms with van der Waals surface area (Å²) < 4.78 is 0. The number of amides is 1.